The smallest absolute Gasteiger partial charge is 0.373 e. The van der Waals surface area contributed by atoms with Gasteiger partial charge in [-0.15, -0.1) is 0 Å². The summed E-state index contributed by atoms with van der Waals surface area (Å²) in [7, 11) is -3.52. The maximum atomic E-state index is 13.8. The molecule has 0 amide bonds. The Kier molecular flexibility index (Phi) is 18.2. The normalized spacial score (nSPS) is 14.3. The Hall–Kier alpha value is -1.07. The summed E-state index contributed by atoms with van der Waals surface area (Å²) in [6.45, 7) is 30.2. The first-order valence-corrected chi connectivity index (χ1v) is 25.5. The van der Waals surface area contributed by atoms with Crippen molar-refractivity contribution in [2.75, 3.05) is 13.2 Å². The van der Waals surface area contributed by atoms with Crippen LogP contribution in [-0.4, -0.2) is 47.8 Å². The minimum absolute atomic E-state index is 0.152. The molecule has 54 heavy (non-hydrogen) atoms. The van der Waals surface area contributed by atoms with Gasteiger partial charge in [0, 0.05) is 35.0 Å². The van der Waals surface area contributed by atoms with Crippen LogP contribution >= 0.6 is 47.8 Å². The highest BCUT2D eigenvalue weighted by Crippen LogP contribution is 2.46. The standard InChI is InChI=1S/C17H25BrFNSi.C17H26FNSi.C4H8O.C2Br2F4/c1-11(2)21(12(3)4,13(5)6)20-10-9-14-16(20)8-7-15(19)17(14)18;1-12(2)20(13(3)4,14(5)6)19-10-9-15-11-16(18)7-8-17(15)19;1-2-4-5-3-1;3-1(5,6)2(4,7)8/h7-13H,1-6H3;7-14H,1-6H3;1-4H2;. The molecular weight excluding hydrogens is 934 g/mol. The van der Waals surface area contributed by atoms with E-state index in [-0.39, 0.29) is 11.6 Å². The van der Waals surface area contributed by atoms with E-state index in [2.05, 4.69) is 132 Å². The van der Waals surface area contributed by atoms with E-state index in [0.29, 0.717) is 37.7 Å². The van der Waals surface area contributed by atoms with Gasteiger partial charge in [-0.05, 0) is 149 Å². The summed E-state index contributed by atoms with van der Waals surface area (Å²) in [6, 6.07) is 12.8. The fraction of sp³-hybridized carbons (Fsp3) is 0.600. The van der Waals surface area contributed by atoms with Gasteiger partial charge < -0.3 is 13.2 Å². The second-order valence-electron chi connectivity index (χ2n) is 15.9. The number of fused-ring (bicyclic) bond motifs is 2. The molecule has 0 aliphatic carbocycles. The molecule has 1 aliphatic rings. The van der Waals surface area contributed by atoms with Gasteiger partial charge >= 0.3 is 9.66 Å². The van der Waals surface area contributed by atoms with Gasteiger partial charge in [0.2, 0.25) is 0 Å². The number of halogens is 9. The predicted molar refractivity (Wildman–Crippen MR) is 232 cm³/mol. The van der Waals surface area contributed by atoms with Crippen molar-refractivity contribution in [2.24, 2.45) is 0 Å². The molecule has 14 heteroatoms. The second-order valence-corrected chi connectivity index (χ2v) is 30.1. The molecule has 0 unspecified atom stereocenters. The van der Waals surface area contributed by atoms with E-state index < -0.39 is 26.1 Å². The number of rotatable bonds is 9. The van der Waals surface area contributed by atoms with Gasteiger partial charge in [-0.25, -0.2) is 8.78 Å². The first kappa shape index (κ1) is 49.1. The van der Waals surface area contributed by atoms with Gasteiger partial charge in [0.05, 0.1) is 4.47 Å². The van der Waals surface area contributed by atoms with Gasteiger partial charge in [-0.3, -0.25) is 0 Å². The third kappa shape index (κ3) is 10.7. The maximum Gasteiger partial charge on any atom is 0.373 e. The van der Waals surface area contributed by atoms with E-state index in [1.54, 1.807) is 18.2 Å². The lowest BCUT2D eigenvalue weighted by Crippen LogP contribution is -2.51. The van der Waals surface area contributed by atoms with Crippen LogP contribution in [0.15, 0.2) is 59.3 Å². The quantitative estimate of drug-likeness (QED) is 0.0929. The zero-order valence-corrected chi connectivity index (χ0v) is 40.5. The van der Waals surface area contributed by atoms with Crippen molar-refractivity contribution in [1.29, 1.82) is 0 Å². The average Bonchev–Trinajstić information content (AvgIpc) is 3.82. The van der Waals surface area contributed by atoms with E-state index in [1.165, 1.54) is 50.2 Å². The fourth-order valence-electron chi connectivity index (χ4n) is 9.12. The monoisotopic (exact) mass is 990 g/mol. The minimum Gasteiger partial charge on any atom is -0.381 e. The van der Waals surface area contributed by atoms with E-state index in [9.17, 15) is 26.3 Å². The highest BCUT2D eigenvalue weighted by atomic mass is 79.9. The van der Waals surface area contributed by atoms with E-state index >= 15 is 0 Å². The van der Waals surface area contributed by atoms with Crippen LogP contribution in [0, 0.1) is 11.6 Å². The Balaban J connectivity index is 0.000000282. The Labute approximate surface area is 346 Å². The van der Waals surface area contributed by atoms with Gasteiger partial charge in [-0.2, -0.15) is 17.6 Å². The lowest BCUT2D eigenvalue weighted by atomic mass is 10.2. The second kappa shape index (κ2) is 20.1. The molecule has 306 valence electrons. The van der Waals surface area contributed by atoms with E-state index in [1.807, 2.05) is 12.1 Å². The maximum absolute atomic E-state index is 13.8. The number of hydrogen-bond acceptors (Lipinski definition) is 1. The van der Waals surface area contributed by atoms with Crippen LogP contribution in [-0.2, 0) is 4.74 Å². The Bertz CT molecular complexity index is 1700. The SMILES string of the molecule is C1CCOC1.CC(C)[Si](C(C)C)(C(C)C)n1ccc2c(Br)c(F)ccc21.CC(C)[Si](C(C)C)(C(C)C)n1ccc2cc(F)ccc21.FC(F)(Br)C(F)(F)Br. The molecule has 2 aromatic carbocycles. The first-order valence-electron chi connectivity index (χ1n) is 18.7. The summed E-state index contributed by atoms with van der Waals surface area (Å²) in [4.78, 5) is -8.33. The van der Waals surface area contributed by atoms with Crippen LogP contribution in [0.25, 0.3) is 21.8 Å². The summed E-state index contributed by atoms with van der Waals surface area (Å²) in [5.74, 6) is -0.340. The van der Waals surface area contributed by atoms with Crippen LogP contribution in [0.1, 0.15) is 95.9 Å². The molecular formula is C40H59Br3F6N2OSi2. The molecule has 1 fully saturated rings. The summed E-state index contributed by atoms with van der Waals surface area (Å²) >= 11 is 6.34. The van der Waals surface area contributed by atoms with Gasteiger partial charge in [-0.1, -0.05) is 83.1 Å². The number of nitrogens with zero attached hydrogens (tertiary/aromatic N) is 2. The number of alkyl halides is 6. The Morgan fingerprint density at radius 3 is 1.35 bits per heavy atom. The fourth-order valence-corrected chi connectivity index (χ4v) is 22.8. The van der Waals surface area contributed by atoms with Crippen LogP contribution < -0.4 is 0 Å². The summed E-state index contributed by atoms with van der Waals surface area (Å²) in [5, 5.41) is 2.00. The Morgan fingerprint density at radius 1 is 0.593 bits per heavy atom. The molecule has 3 heterocycles. The number of hydrogen-bond donors (Lipinski definition) is 0. The molecule has 5 rings (SSSR count). The number of benzene rings is 2. The molecule has 0 bridgehead atoms. The molecule has 3 nitrogen and oxygen atoms in total. The topological polar surface area (TPSA) is 19.1 Å². The Morgan fingerprint density at radius 2 is 0.981 bits per heavy atom. The lowest BCUT2D eigenvalue weighted by Gasteiger charge is -2.44. The van der Waals surface area contributed by atoms with Crippen LogP contribution in [0.3, 0.4) is 0 Å². The van der Waals surface area contributed by atoms with Gasteiger partial charge in [0.25, 0.3) is 0 Å². The molecule has 0 spiro atoms. The van der Waals surface area contributed by atoms with Crippen LogP contribution in [0.2, 0.25) is 33.2 Å². The van der Waals surface area contributed by atoms with Crippen LogP contribution in [0.4, 0.5) is 26.3 Å². The van der Waals surface area contributed by atoms with Gasteiger partial charge in [0.1, 0.15) is 11.6 Å². The molecule has 1 aliphatic heterocycles. The zero-order chi connectivity index (χ0) is 41.6. The van der Waals surface area contributed by atoms with E-state index in [0.717, 1.165) is 29.5 Å². The van der Waals surface area contributed by atoms with Crippen molar-refractivity contribution in [3.63, 3.8) is 0 Å². The van der Waals surface area contributed by atoms with Crippen molar-refractivity contribution >= 4 is 86.1 Å². The third-order valence-corrected chi connectivity index (χ3v) is 26.8. The van der Waals surface area contributed by atoms with Crippen LogP contribution in [0.5, 0.6) is 0 Å². The molecule has 4 aromatic rings. The predicted octanol–water partition coefficient (Wildman–Crippen LogP) is 16.1. The summed E-state index contributed by atoms with van der Waals surface area (Å²) in [6.07, 6.45) is 6.93. The van der Waals surface area contributed by atoms with Crippen molar-refractivity contribution in [3.05, 3.63) is 71.0 Å². The minimum atomic E-state index is -4.17. The highest BCUT2D eigenvalue weighted by molar-refractivity contribution is 9.12. The highest BCUT2D eigenvalue weighted by Gasteiger charge is 2.52. The molecule has 0 radical (unpaired) electrons. The number of ether oxygens (including phenoxy) is 1. The first-order chi connectivity index (χ1) is 24.8. The van der Waals surface area contributed by atoms with Crippen molar-refractivity contribution in [1.82, 2.24) is 8.47 Å². The van der Waals surface area contributed by atoms with Crippen molar-refractivity contribution < 1.29 is 31.1 Å². The average molecular weight is 994 g/mol. The van der Waals surface area contributed by atoms with Crippen molar-refractivity contribution in [3.8, 4) is 0 Å². The van der Waals surface area contributed by atoms with E-state index in [4.69, 9.17) is 4.74 Å². The molecule has 2 aromatic heterocycles. The van der Waals surface area contributed by atoms with Gasteiger partial charge in [0.15, 0.2) is 16.5 Å². The third-order valence-electron chi connectivity index (χ3n) is 10.9. The summed E-state index contributed by atoms with van der Waals surface area (Å²) < 4.78 is 83.1. The molecule has 1 saturated heterocycles. The van der Waals surface area contributed by atoms with Crippen molar-refractivity contribution in [2.45, 2.75) is 139 Å². The largest absolute Gasteiger partial charge is 0.381 e. The number of aromatic nitrogens is 2. The molecule has 0 atom stereocenters. The molecule has 0 saturated carbocycles. The summed E-state index contributed by atoms with van der Waals surface area (Å²) in [5.41, 5.74) is 6.14. The molecule has 0 N–H and O–H groups in total. The zero-order valence-electron chi connectivity index (χ0n) is 33.7. The lowest BCUT2D eigenvalue weighted by molar-refractivity contribution is -0.0724.